The van der Waals surface area contributed by atoms with Gasteiger partial charge in [-0.2, -0.15) is 0 Å². The summed E-state index contributed by atoms with van der Waals surface area (Å²) in [4.78, 5) is 10.2. The molecule has 7 heteroatoms. The van der Waals surface area contributed by atoms with Crippen molar-refractivity contribution in [2.75, 3.05) is 25.5 Å². The highest BCUT2D eigenvalue weighted by Gasteiger charge is 2.18. The van der Waals surface area contributed by atoms with Gasteiger partial charge in [-0.05, 0) is 19.4 Å². The lowest BCUT2D eigenvalue weighted by Gasteiger charge is -2.09. The fourth-order valence-electron chi connectivity index (χ4n) is 1.48. The minimum absolute atomic E-state index is 0.0260. The van der Waals surface area contributed by atoms with Gasteiger partial charge in [0.25, 0.3) is 5.69 Å². The second-order valence-corrected chi connectivity index (χ2v) is 3.68. The van der Waals surface area contributed by atoms with Crippen LogP contribution in [0.2, 0.25) is 0 Å². The Kier molecular flexibility index (Phi) is 5.31. The van der Waals surface area contributed by atoms with Gasteiger partial charge in [0.2, 0.25) is 0 Å². The smallest absolute Gasteiger partial charge is 0.295 e. The van der Waals surface area contributed by atoms with Crippen LogP contribution >= 0.6 is 0 Å². The van der Waals surface area contributed by atoms with Gasteiger partial charge in [-0.3, -0.25) is 10.1 Å². The van der Waals surface area contributed by atoms with Crippen molar-refractivity contribution in [1.29, 1.82) is 0 Å². The molecule has 0 aromatic heterocycles. The van der Waals surface area contributed by atoms with Crippen molar-refractivity contribution in [1.82, 2.24) is 0 Å². The number of nitro benzene ring substituents is 1. The van der Waals surface area contributed by atoms with Crippen LogP contribution in [0.25, 0.3) is 0 Å². The van der Waals surface area contributed by atoms with Crippen LogP contribution in [-0.2, 0) is 0 Å². The molecule has 100 valence electrons. The first-order chi connectivity index (χ1) is 8.60. The van der Waals surface area contributed by atoms with Gasteiger partial charge < -0.3 is 15.8 Å². The maximum absolute atomic E-state index is 13.4. The monoisotopic (exact) mass is 257 g/mol. The van der Waals surface area contributed by atoms with E-state index in [1.54, 1.807) is 0 Å². The van der Waals surface area contributed by atoms with Crippen molar-refractivity contribution in [2.24, 2.45) is 5.73 Å². The summed E-state index contributed by atoms with van der Waals surface area (Å²) in [7, 11) is 1.31. The maximum atomic E-state index is 13.4. The molecule has 0 aliphatic rings. The Hall–Kier alpha value is -1.89. The molecular formula is C11H16FN3O3. The zero-order chi connectivity index (χ0) is 13.5. The third-order valence-corrected chi connectivity index (χ3v) is 2.41. The summed E-state index contributed by atoms with van der Waals surface area (Å²) in [6.45, 7) is 1.10. The van der Waals surface area contributed by atoms with Gasteiger partial charge in [0.1, 0.15) is 5.69 Å². The van der Waals surface area contributed by atoms with Gasteiger partial charge in [-0.15, -0.1) is 0 Å². The van der Waals surface area contributed by atoms with Gasteiger partial charge in [-0.25, -0.2) is 4.39 Å². The van der Waals surface area contributed by atoms with Gasteiger partial charge in [0.05, 0.1) is 18.1 Å². The van der Waals surface area contributed by atoms with Crippen LogP contribution in [0.1, 0.15) is 12.8 Å². The molecule has 0 aliphatic carbocycles. The molecule has 0 saturated heterocycles. The van der Waals surface area contributed by atoms with E-state index in [-0.39, 0.29) is 17.1 Å². The third kappa shape index (κ3) is 3.56. The molecule has 0 fully saturated rings. The molecule has 1 rings (SSSR count). The molecule has 0 saturated carbocycles. The number of nitro groups is 1. The number of halogens is 1. The topological polar surface area (TPSA) is 90.4 Å². The van der Waals surface area contributed by atoms with E-state index < -0.39 is 10.7 Å². The predicted octanol–water partition coefficient (Wildman–Crippen LogP) is 1.89. The fraction of sp³-hybridized carbons (Fsp3) is 0.455. The lowest BCUT2D eigenvalue weighted by atomic mass is 10.2. The molecule has 1 aromatic rings. The lowest BCUT2D eigenvalue weighted by molar-refractivity contribution is -0.384. The van der Waals surface area contributed by atoms with E-state index in [1.807, 2.05) is 0 Å². The summed E-state index contributed by atoms with van der Waals surface area (Å²) in [5, 5.41) is 13.7. The number of nitrogens with zero attached hydrogens (tertiary/aromatic N) is 1. The van der Waals surface area contributed by atoms with Crippen LogP contribution in [0.15, 0.2) is 12.1 Å². The SMILES string of the molecule is COc1cc(NCCCCN)c([N+](=O)[O-])cc1F. The van der Waals surface area contributed by atoms with E-state index in [0.29, 0.717) is 13.1 Å². The second kappa shape index (κ2) is 6.75. The van der Waals surface area contributed by atoms with Crippen molar-refractivity contribution in [3.8, 4) is 5.75 Å². The number of nitrogens with one attached hydrogen (secondary N) is 1. The molecule has 0 bridgehead atoms. The Bertz CT molecular complexity index is 426. The summed E-state index contributed by atoms with van der Waals surface area (Å²) in [6.07, 6.45) is 1.60. The molecule has 0 aliphatic heterocycles. The Labute approximate surface area is 104 Å². The number of benzene rings is 1. The Balaban J connectivity index is 2.88. The number of anilines is 1. The summed E-state index contributed by atoms with van der Waals surface area (Å²) < 4.78 is 18.2. The van der Waals surface area contributed by atoms with Gasteiger partial charge in [-0.1, -0.05) is 0 Å². The molecule has 3 N–H and O–H groups in total. The Morgan fingerprint density at radius 1 is 1.50 bits per heavy atom. The molecule has 0 amide bonds. The molecule has 0 spiro atoms. The lowest BCUT2D eigenvalue weighted by Crippen LogP contribution is -2.07. The highest BCUT2D eigenvalue weighted by Crippen LogP contribution is 2.31. The van der Waals surface area contributed by atoms with E-state index in [4.69, 9.17) is 10.5 Å². The summed E-state index contributed by atoms with van der Waals surface area (Å²) >= 11 is 0. The van der Waals surface area contributed by atoms with Crippen molar-refractivity contribution >= 4 is 11.4 Å². The van der Waals surface area contributed by atoms with Crippen LogP contribution in [0.3, 0.4) is 0 Å². The number of hydrogen-bond acceptors (Lipinski definition) is 5. The van der Waals surface area contributed by atoms with E-state index in [2.05, 4.69) is 5.32 Å². The highest BCUT2D eigenvalue weighted by molar-refractivity contribution is 5.64. The zero-order valence-corrected chi connectivity index (χ0v) is 10.1. The largest absolute Gasteiger partial charge is 0.494 e. The molecule has 0 heterocycles. The third-order valence-electron chi connectivity index (χ3n) is 2.41. The number of unbranched alkanes of at least 4 members (excludes halogenated alkanes) is 1. The van der Waals surface area contributed by atoms with Gasteiger partial charge >= 0.3 is 0 Å². The number of nitrogens with two attached hydrogens (primary N) is 1. The number of hydrogen-bond donors (Lipinski definition) is 2. The van der Waals surface area contributed by atoms with Gasteiger partial charge in [0, 0.05) is 12.6 Å². The van der Waals surface area contributed by atoms with E-state index in [9.17, 15) is 14.5 Å². The Morgan fingerprint density at radius 2 is 2.22 bits per heavy atom. The minimum atomic E-state index is -0.753. The molecule has 0 atom stereocenters. The first-order valence-corrected chi connectivity index (χ1v) is 5.56. The fourth-order valence-corrected chi connectivity index (χ4v) is 1.48. The molecule has 0 radical (unpaired) electrons. The molecule has 6 nitrogen and oxygen atoms in total. The number of rotatable bonds is 7. The summed E-state index contributed by atoms with van der Waals surface area (Å²) in [5.41, 5.74) is 5.29. The zero-order valence-electron chi connectivity index (χ0n) is 10.1. The molecule has 0 unspecified atom stereocenters. The summed E-state index contributed by atoms with van der Waals surface area (Å²) in [6, 6.07) is 2.14. The normalized spacial score (nSPS) is 10.2. The standard InChI is InChI=1S/C11H16FN3O3/c1-18-11-7-9(14-5-3-2-4-13)10(15(16)17)6-8(11)12/h6-7,14H,2-5,13H2,1H3. The number of methoxy groups -OCH3 is 1. The van der Waals surface area contributed by atoms with Crippen molar-refractivity contribution in [2.45, 2.75) is 12.8 Å². The van der Waals surface area contributed by atoms with Crippen molar-refractivity contribution in [3.05, 3.63) is 28.1 Å². The van der Waals surface area contributed by atoms with Crippen LogP contribution in [0.4, 0.5) is 15.8 Å². The first kappa shape index (κ1) is 14.2. The van der Waals surface area contributed by atoms with Crippen LogP contribution < -0.4 is 15.8 Å². The quantitative estimate of drug-likeness (QED) is 0.442. The maximum Gasteiger partial charge on any atom is 0.295 e. The Morgan fingerprint density at radius 3 is 2.78 bits per heavy atom. The second-order valence-electron chi connectivity index (χ2n) is 3.68. The molecule has 1 aromatic carbocycles. The van der Waals surface area contributed by atoms with Crippen LogP contribution in [-0.4, -0.2) is 25.1 Å². The van der Waals surface area contributed by atoms with E-state index in [0.717, 1.165) is 18.9 Å². The van der Waals surface area contributed by atoms with E-state index in [1.165, 1.54) is 13.2 Å². The van der Waals surface area contributed by atoms with Crippen LogP contribution in [0.5, 0.6) is 5.75 Å². The predicted molar refractivity (Wildman–Crippen MR) is 66.4 cm³/mol. The van der Waals surface area contributed by atoms with Gasteiger partial charge in [0.15, 0.2) is 11.6 Å². The summed E-state index contributed by atoms with van der Waals surface area (Å²) in [5.74, 6) is -0.779. The van der Waals surface area contributed by atoms with E-state index >= 15 is 0 Å². The first-order valence-electron chi connectivity index (χ1n) is 5.56. The number of ether oxygens (including phenoxy) is 1. The molecular weight excluding hydrogens is 241 g/mol. The highest BCUT2D eigenvalue weighted by atomic mass is 19.1. The van der Waals surface area contributed by atoms with Crippen molar-refractivity contribution < 1.29 is 14.1 Å². The average Bonchev–Trinajstić information content (AvgIpc) is 2.35. The van der Waals surface area contributed by atoms with Crippen molar-refractivity contribution in [3.63, 3.8) is 0 Å². The minimum Gasteiger partial charge on any atom is -0.494 e. The average molecular weight is 257 g/mol. The molecule has 18 heavy (non-hydrogen) atoms. The van der Waals surface area contributed by atoms with Crippen LogP contribution in [0, 0.1) is 15.9 Å².